The lowest BCUT2D eigenvalue weighted by molar-refractivity contribution is 0.228. The Balaban J connectivity index is 1.95. The second-order valence-electron chi connectivity index (χ2n) is 3.17. The third-order valence-electron chi connectivity index (χ3n) is 2.11. The first kappa shape index (κ1) is 9.32. The van der Waals surface area contributed by atoms with Crippen LogP contribution in [0.2, 0.25) is 0 Å². The van der Waals surface area contributed by atoms with Crippen molar-refractivity contribution >= 4 is 6.03 Å². The molecule has 4 heteroatoms. The van der Waals surface area contributed by atoms with E-state index < -0.39 is 0 Å². The molecular weight excluding hydrogens is 154 g/mol. The largest absolute Gasteiger partial charge is 0.338 e. The lowest BCUT2D eigenvalue weighted by atomic mass is 9.93. The highest BCUT2D eigenvalue weighted by atomic mass is 16.2. The number of nitrogens with one attached hydrogen (secondary N) is 2. The first-order valence-corrected chi connectivity index (χ1v) is 4.57. The number of amides is 2. The average Bonchev–Trinajstić information content (AvgIpc) is 1.98. The van der Waals surface area contributed by atoms with Crippen LogP contribution in [0.3, 0.4) is 0 Å². The van der Waals surface area contributed by atoms with Crippen molar-refractivity contribution in [3.8, 4) is 0 Å². The summed E-state index contributed by atoms with van der Waals surface area (Å²) in [5.74, 6) is 0. The fourth-order valence-electron chi connectivity index (χ4n) is 1.09. The van der Waals surface area contributed by atoms with Crippen LogP contribution in [0.4, 0.5) is 4.79 Å². The van der Waals surface area contributed by atoms with Crippen LogP contribution in [0.25, 0.3) is 0 Å². The molecule has 0 radical (unpaired) electrons. The zero-order chi connectivity index (χ0) is 8.81. The van der Waals surface area contributed by atoms with Gasteiger partial charge < -0.3 is 16.4 Å². The Hall–Kier alpha value is -0.770. The Labute approximate surface area is 72.9 Å². The zero-order valence-electron chi connectivity index (χ0n) is 7.31. The van der Waals surface area contributed by atoms with Crippen molar-refractivity contribution in [2.45, 2.75) is 31.7 Å². The summed E-state index contributed by atoms with van der Waals surface area (Å²) in [5.41, 5.74) is 5.28. The lowest BCUT2D eigenvalue weighted by Gasteiger charge is -2.26. The Morgan fingerprint density at radius 1 is 1.50 bits per heavy atom. The predicted octanol–water partition coefficient (Wildman–Crippen LogP) is 0.187. The number of nitrogens with two attached hydrogens (primary N) is 1. The number of urea groups is 1. The fourth-order valence-corrected chi connectivity index (χ4v) is 1.09. The summed E-state index contributed by atoms with van der Waals surface area (Å²) in [7, 11) is 0. The van der Waals surface area contributed by atoms with Crippen LogP contribution in [0.1, 0.15) is 25.7 Å². The Kier molecular flexibility index (Phi) is 3.87. The van der Waals surface area contributed by atoms with Gasteiger partial charge >= 0.3 is 6.03 Å². The van der Waals surface area contributed by atoms with Crippen molar-refractivity contribution in [1.29, 1.82) is 0 Å². The Morgan fingerprint density at radius 2 is 2.25 bits per heavy atom. The number of carbonyl (C=O) groups excluding carboxylic acids is 1. The monoisotopic (exact) mass is 171 g/mol. The van der Waals surface area contributed by atoms with E-state index in [2.05, 4.69) is 10.6 Å². The highest BCUT2D eigenvalue weighted by molar-refractivity contribution is 5.74. The van der Waals surface area contributed by atoms with Crippen molar-refractivity contribution in [1.82, 2.24) is 10.6 Å². The number of carbonyl (C=O) groups is 1. The molecule has 0 atom stereocenters. The molecule has 0 heterocycles. The molecule has 2 amide bonds. The molecule has 0 aromatic heterocycles. The molecule has 0 aliphatic heterocycles. The average molecular weight is 171 g/mol. The van der Waals surface area contributed by atoms with Crippen molar-refractivity contribution < 1.29 is 4.79 Å². The molecule has 0 aromatic carbocycles. The summed E-state index contributed by atoms with van der Waals surface area (Å²) >= 11 is 0. The molecule has 0 unspecified atom stereocenters. The molecule has 1 aliphatic carbocycles. The maximum atomic E-state index is 11.1. The third kappa shape index (κ3) is 3.09. The topological polar surface area (TPSA) is 67.1 Å². The van der Waals surface area contributed by atoms with Crippen LogP contribution in [0, 0.1) is 0 Å². The number of rotatable bonds is 4. The zero-order valence-corrected chi connectivity index (χ0v) is 7.31. The summed E-state index contributed by atoms with van der Waals surface area (Å²) in [6, 6.07) is 0.371. The van der Waals surface area contributed by atoms with Gasteiger partial charge in [-0.2, -0.15) is 0 Å². The molecule has 0 spiro atoms. The van der Waals surface area contributed by atoms with Gasteiger partial charge in [0.05, 0.1) is 0 Å². The molecule has 0 saturated heterocycles. The number of hydrogen-bond donors (Lipinski definition) is 3. The second-order valence-corrected chi connectivity index (χ2v) is 3.17. The first-order valence-electron chi connectivity index (χ1n) is 4.57. The predicted molar refractivity (Wildman–Crippen MR) is 47.8 cm³/mol. The Bertz CT molecular complexity index is 145. The molecule has 70 valence electrons. The van der Waals surface area contributed by atoms with E-state index in [1.165, 1.54) is 6.42 Å². The summed E-state index contributed by atoms with van der Waals surface area (Å²) < 4.78 is 0. The minimum absolute atomic E-state index is 0.0480. The van der Waals surface area contributed by atoms with Gasteiger partial charge in [0.15, 0.2) is 0 Å². The van der Waals surface area contributed by atoms with Crippen LogP contribution in [-0.2, 0) is 0 Å². The number of hydrogen-bond acceptors (Lipinski definition) is 2. The van der Waals surface area contributed by atoms with E-state index in [9.17, 15) is 4.79 Å². The first-order chi connectivity index (χ1) is 5.83. The van der Waals surface area contributed by atoms with Crippen LogP contribution < -0.4 is 16.4 Å². The van der Waals surface area contributed by atoms with Gasteiger partial charge in [0.1, 0.15) is 0 Å². The summed E-state index contributed by atoms with van der Waals surface area (Å²) in [5, 5.41) is 5.64. The third-order valence-corrected chi connectivity index (χ3v) is 2.11. The molecule has 4 N–H and O–H groups in total. The lowest BCUT2D eigenvalue weighted by Crippen LogP contribution is -2.45. The fraction of sp³-hybridized carbons (Fsp3) is 0.875. The summed E-state index contributed by atoms with van der Waals surface area (Å²) in [6.07, 6.45) is 4.35. The van der Waals surface area contributed by atoms with Gasteiger partial charge in [0, 0.05) is 12.6 Å². The van der Waals surface area contributed by atoms with Gasteiger partial charge in [0.2, 0.25) is 0 Å². The minimum Gasteiger partial charge on any atom is -0.338 e. The molecule has 1 rings (SSSR count). The molecule has 12 heavy (non-hydrogen) atoms. The maximum Gasteiger partial charge on any atom is 0.315 e. The van der Waals surface area contributed by atoms with E-state index in [1.54, 1.807) is 0 Å². The van der Waals surface area contributed by atoms with E-state index in [1.807, 2.05) is 0 Å². The van der Waals surface area contributed by atoms with Gasteiger partial charge in [-0.1, -0.05) is 0 Å². The summed E-state index contributed by atoms with van der Waals surface area (Å²) in [4.78, 5) is 11.1. The second kappa shape index (κ2) is 4.98. The van der Waals surface area contributed by atoms with Gasteiger partial charge in [-0.05, 0) is 32.2 Å². The van der Waals surface area contributed by atoms with Crippen LogP contribution in [0.15, 0.2) is 0 Å². The van der Waals surface area contributed by atoms with Gasteiger partial charge in [-0.25, -0.2) is 4.79 Å². The van der Waals surface area contributed by atoms with E-state index in [4.69, 9.17) is 5.73 Å². The smallest absolute Gasteiger partial charge is 0.315 e. The van der Waals surface area contributed by atoms with Gasteiger partial charge in [-0.15, -0.1) is 0 Å². The van der Waals surface area contributed by atoms with Crippen LogP contribution in [0.5, 0.6) is 0 Å². The van der Waals surface area contributed by atoms with Gasteiger partial charge in [0.25, 0.3) is 0 Å². The SMILES string of the molecule is NCCCNC(=O)NC1CCC1. The van der Waals surface area contributed by atoms with E-state index in [0.717, 1.165) is 19.3 Å². The van der Waals surface area contributed by atoms with E-state index >= 15 is 0 Å². The van der Waals surface area contributed by atoms with Crippen molar-refractivity contribution in [3.63, 3.8) is 0 Å². The standard InChI is InChI=1S/C8H17N3O/c9-5-2-6-10-8(12)11-7-3-1-4-7/h7H,1-6,9H2,(H2,10,11,12). The maximum absolute atomic E-state index is 11.1. The van der Waals surface area contributed by atoms with E-state index in [-0.39, 0.29) is 6.03 Å². The van der Waals surface area contributed by atoms with Gasteiger partial charge in [-0.3, -0.25) is 0 Å². The molecule has 0 bridgehead atoms. The van der Waals surface area contributed by atoms with Crippen LogP contribution >= 0.6 is 0 Å². The minimum atomic E-state index is -0.0480. The Morgan fingerprint density at radius 3 is 2.75 bits per heavy atom. The highest BCUT2D eigenvalue weighted by Crippen LogP contribution is 2.17. The molecule has 1 saturated carbocycles. The van der Waals surface area contributed by atoms with Crippen molar-refractivity contribution in [2.24, 2.45) is 5.73 Å². The molecule has 1 fully saturated rings. The normalized spacial score (nSPS) is 16.8. The van der Waals surface area contributed by atoms with Crippen LogP contribution in [-0.4, -0.2) is 25.2 Å². The van der Waals surface area contributed by atoms with Crippen molar-refractivity contribution in [3.05, 3.63) is 0 Å². The molecular formula is C8H17N3O. The molecule has 0 aromatic rings. The highest BCUT2D eigenvalue weighted by Gasteiger charge is 2.18. The quantitative estimate of drug-likeness (QED) is 0.528. The molecule has 4 nitrogen and oxygen atoms in total. The molecule has 1 aliphatic rings. The van der Waals surface area contributed by atoms with E-state index in [0.29, 0.717) is 19.1 Å². The summed E-state index contributed by atoms with van der Waals surface area (Å²) in [6.45, 7) is 1.30. The van der Waals surface area contributed by atoms with Crippen molar-refractivity contribution in [2.75, 3.05) is 13.1 Å².